The van der Waals surface area contributed by atoms with Crippen molar-refractivity contribution in [3.8, 4) is 0 Å². The number of nitrogens with two attached hydrogens (primary N) is 1. The van der Waals surface area contributed by atoms with Crippen LogP contribution in [-0.2, 0) is 9.59 Å². The first-order chi connectivity index (χ1) is 8.49. The Morgan fingerprint density at radius 2 is 2.00 bits per heavy atom. The highest BCUT2D eigenvalue weighted by Crippen LogP contribution is 2.14. The molecule has 0 saturated carbocycles. The van der Waals surface area contributed by atoms with Gasteiger partial charge in [0.2, 0.25) is 11.8 Å². The predicted octanol–water partition coefficient (Wildman–Crippen LogP) is 1.85. The summed E-state index contributed by atoms with van der Waals surface area (Å²) in [6, 6.07) is 5.81. The molecule has 1 aromatic carbocycles. The number of aryl methyl sites for hydroxylation is 2. The summed E-state index contributed by atoms with van der Waals surface area (Å²) < 4.78 is 0. The normalized spacial score (nSPS) is 10.1. The molecule has 0 aromatic heterocycles. The van der Waals surface area contributed by atoms with Gasteiger partial charge in [-0.25, -0.2) is 0 Å². The van der Waals surface area contributed by atoms with Crippen LogP contribution in [0.3, 0.4) is 0 Å². The number of rotatable bonds is 6. The first-order valence-electron chi connectivity index (χ1n) is 5.72. The van der Waals surface area contributed by atoms with E-state index in [2.05, 4.69) is 5.32 Å². The fourth-order valence-corrected chi connectivity index (χ4v) is 2.06. The summed E-state index contributed by atoms with van der Waals surface area (Å²) in [6.07, 6.45) is 0.380. The fourth-order valence-electron chi connectivity index (χ4n) is 1.38. The number of thioether (sulfide) groups is 1. The van der Waals surface area contributed by atoms with E-state index in [1.807, 2.05) is 32.0 Å². The molecule has 4 nitrogen and oxygen atoms in total. The van der Waals surface area contributed by atoms with Gasteiger partial charge < -0.3 is 11.1 Å². The van der Waals surface area contributed by atoms with Crippen LogP contribution in [0.5, 0.6) is 0 Å². The van der Waals surface area contributed by atoms with Crippen molar-refractivity contribution >= 4 is 29.3 Å². The molecule has 0 heterocycles. The van der Waals surface area contributed by atoms with Gasteiger partial charge in [0.15, 0.2) is 0 Å². The van der Waals surface area contributed by atoms with Gasteiger partial charge in [-0.2, -0.15) is 11.8 Å². The molecule has 0 bridgehead atoms. The Labute approximate surface area is 111 Å². The third kappa shape index (κ3) is 5.23. The summed E-state index contributed by atoms with van der Waals surface area (Å²) in [5.74, 6) is 0.459. The molecule has 0 saturated heterocycles. The molecule has 3 N–H and O–H groups in total. The van der Waals surface area contributed by atoms with E-state index in [1.165, 1.54) is 17.3 Å². The lowest BCUT2D eigenvalue weighted by Crippen LogP contribution is -2.15. The van der Waals surface area contributed by atoms with E-state index in [4.69, 9.17) is 5.73 Å². The minimum Gasteiger partial charge on any atom is -0.369 e. The standard InChI is InChI=1S/C13H18N2O2S/c1-9-3-4-11(7-10(9)2)15-13(17)5-6-18-8-12(14)16/h3-4,7H,5-6,8H2,1-2H3,(H2,14,16)(H,15,17). The van der Waals surface area contributed by atoms with Gasteiger partial charge in [0.05, 0.1) is 5.75 Å². The maximum Gasteiger partial charge on any atom is 0.227 e. The fraction of sp³-hybridized carbons (Fsp3) is 0.385. The molecule has 0 spiro atoms. The Bertz CT molecular complexity index is 447. The molecule has 0 aliphatic rings. The summed E-state index contributed by atoms with van der Waals surface area (Å²) in [6.45, 7) is 4.04. The van der Waals surface area contributed by atoms with Gasteiger partial charge in [-0.15, -0.1) is 0 Å². The minimum atomic E-state index is -0.352. The summed E-state index contributed by atoms with van der Waals surface area (Å²) in [4.78, 5) is 22.1. The van der Waals surface area contributed by atoms with Gasteiger partial charge in [0.25, 0.3) is 0 Å². The first-order valence-corrected chi connectivity index (χ1v) is 6.87. The molecule has 0 aliphatic heterocycles. The summed E-state index contributed by atoms with van der Waals surface area (Å²) >= 11 is 1.37. The molecule has 2 amide bonds. The van der Waals surface area contributed by atoms with Gasteiger partial charge in [0, 0.05) is 17.9 Å². The number of amides is 2. The molecule has 0 fully saturated rings. The van der Waals surface area contributed by atoms with E-state index in [1.54, 1.807) is 0 Å². The van der Waals surface area contributed by atoms with Crippen molar-refractivity contribution in [2.75, 3.05) is 16.8 Å². The van der Waals surface area contributed by atoms with Gasteiger partial charge in [-0.05, 0) is 37.1 Å². The number of anilines is 1. The number of benzene rings is 1. The van der Waals surface area contributed by atoms with Crippen LogP contribution in [0.25, 0.3) is 0 Å². The minimum absolute atomic E-state index is 0.0461. The summed E-state index contributed by atoms with van der Waals surface area (Å²) in [7, 11) is 0. The molecule has 1 aromatic rings. The SMILES string of the molecule is Cc1ccc(NC(=O)CCSCC(N)=O)cc1C. The Kier molecular flexibility index (Phi) is 5.71. The largest absolute Gasteiger partial charge is 0.369 e. The lowest BCUT2D eigenvalue weighted by atomic mass is 10.1. The number of carbonyl (C=O) groups is 2. The zero-order valence-corrected chi connectivity index (χ0v) is 11.5. The van der Waals surface area contributed by atoms with Crippen LogP contribution in [0.2, 0.25) is 0 Å². The van der Waals surface area contributed by atoms with Crippen LogP contribution in [0.15, 0.2) is 18.2 Å². The second-order valence-corrected chi connectivity index (χ2v) is 5.22. The molecular weight excluding hydrogens is 248 g/mol. The van der Waals surface area contributed by atoms with Crippen molar-refractivity contribution in [2.45, 2.75) is 20.3 Å². The molecule has 18 heavy (non-hydrogen) atoms. The van der Waals surface area contributed by atoms with Crippen molar-refractivity contribution in [1.29, 1.82) is 0 Å². The van der Waals surface area contributed by atoms with Crippen LogP contribution < -0.4 is 11.1 Å². The predicted molar refractivity (Wildman–Crippen MR) is 75.7 cm³/mol. The van der Waals surface area contributed by atoms with Crippen LogP contribution in [0.4, 0.5) is 5.69 Å². The Balaban J connectivity index is 2.35. The van der Waals surface area contributed by atoms with Gasteiger partial charge >= 0.3 is 0 Å². The van der Waals surface area contributed by atoms with Crippen molar-refractivity contribution < 1.29 is 9.59 Å². The highest BCUT2D eigenvalue weighted by atomic mass is 32.2. The molecule has 0 aliphatic carbocycles. The average molecular weight is 266 g/mol. The molecule has 98 valence electrons. The quantitative estimate of drug-likeness (QED) is 0.772. The van der Waals surface area contributed by atoms with Crippen molar-refractivity contribution in [2.24, 2.45) is 5.73 Å². The Morgan fingerprint density at radius 3 is 2.61 bits per heavy atom. The lowest BCUT2D eigenvalue weighted by Gasteiger charge is -2.07. The summed E-state index contributed by atoms with van der Waals surface area (Å²) in [5.41, 5.74) is 8.16. The Morgan fingerprint density at radius 1 is 1.28 bits per heavy atom. The van der Waals surface area contributed by atoms with Crippen molar-refractivity contribution in [3.05, 3.63) is 29.3 Å². The zero-order chi connectivity index (χ0) is 13.5. The zero-order valence-electron chi connectivity index (χ0n) is 10.7. The lowest BCUT2D eigenvalue weighted by molar-refractivity contribution is -0.116. The topological polar surface area (TPSA) is 72.2 Å². The number of nitrogens with one attached hydrogen (secondary N) is 1. The molecule has 0 radical (unpaired) electrons. The Hall–Kier alpha value is -1.49. The number of hydrogen-bond acceptors (Lipinski definition) is 3. The van der Waals surface area contributed by atoms with Gasteiger partial charge in [0.1, 0.15) is 0 Å². The van der Waals surface area contributed by atoms with E-state index in [0.29, 0.717) is 12.2 Å². The van der Waals surface area contributed by atoms with Crippen LogP contribution >= 0.6 is 11.8 Å². The van der Waals surface area contributed by atoms with E-state index in [-0.39, 0.29) is 17.6 Å². The molecule has 0 unspecified atom stereocenters. The monoisotopic (exact) mass is 266 g/mol. The molecule has 1 rings (SSSR count). The van der Waals surface area contributed by atoms with E-state index in [0.717, 1.165) is 11.3 Å². The van der Waals surface area contributed by atoms with Crippen molar-refractivity contribution in [3.63, 3.8) is 0 Å². The van der Waals surface area contributed by atoms with E-state index >= 15 is 0 Å². The van der Waals surface area contributed by atoms with E-state index < -0.39 is 0 Å². The van der Waals surface area contributed by atoms with Crippen LogP contribution in [0, 0.1) is 13.8 Å². The smallest absolute Gasteiger partial charge is 0.227 e. The second kappa shape index (κ2) is 7.06. The maximum absolute atomic E-state index is 11.6. The number of hydrogen-bond donors (Lipinski definition) is 2. The highest BCUT2D eigenvalue weighted by Gasteiger charge is 2.04. The third-order valence-electron chi connectivity index (χ3n) is 2.51. The van der Waals surface area contributed by atoms with Crippen LogP contribution in [-0.4, -0.2) is 23.3 Å². The average Bonchev–Trinajstić information content (AvgIpc) is 2.29. The molecular formula is C13H18N2O2S. The molecule has 0 atom stereocenters. The van der Waals surface area contributed by atoms with Crippen molar-refractivity contribution in [1.82, 2.24) is 0 Å². The number of primary amides is 1. The van der Waals surface area contributed by atoms with Gasteiger partial charge in [-0.3, -0.25) is 9.59 Å². The van der Waals surface area contributed by atoms with Crippen LogP contribution in [0.1, 0.15) is 17.5 Å². The second-order valence-electron chi connectivity index (χ2n) is 4.12. The van der Waals surface area contributed by atoms with E-state index in [9.17, 15) is 9.59 Å². The summed E-state index contributed by atoms with van der Waals surface area (Å²) in [5, 5.41) is 2.83. The first kappa shape index (κ1) is 14.6. The maximum atomic E-state index is 11.6. The molecule has 5 heteroatoms. The third-order valence-corrected chi connectivity index (χ3v) is 3.49. The highest BCUT2D eigenvalue weighted by molar-refractivity contribution is 7.99. The van der Waals surface area contributed by atoms with Gasteiger partial charge in [-0.1, -0.05) is 6.07 Å². The number of carbonyl (C=O) groups excluding carboxylic acids is 2.